The molecular formula is C33H38FN7O5. The van der Waals surface area contributed by atoms with E-state index in [4.69, 9.17) is 20.3 Å². The van der Waals surface area contributed by atoms with E-state index in [1.54, 1.807) is 35.0 Å². The Morgan fingerprint density at radius 1 is 1.00 bits per heavy atom. The maximum atomic E-state index is 15.0. The molecule has 0 saturated heterocycles. The summed E-state index contributed by atoms with van der Waals surface area (Å²) in [7, 11) is 1.48. The number of rotatable bonds is 10. The van der Waals surface area contributed by atoms with E-state index in [0.717, 1.165) is 6.07 Å². The Morgan fingerprint density at radius 3 is 2.41 bits per heavy atom. The van der Waals surface area contributed by atoms with Gasteiger partial charge < -0.3 is 25.8 Å². The molecule has 0 spiro atoms. The molecule has 13 heteroatoms. The molecule has 0 saturated carbocycles. The van der Waals surface area contributed by atoms with Gasteiger partial charge in [0.1, 0.15) is 41.5 Å². The summed E-state index contributed by atoms with van der Waals surface area (Å²) in [6.07, 6.45) is 1.40. The predicted molar refractivity (Wildman–Crippen MR) is 172 cm³/mol. The van der Waals surface area contributed by atoms with Crippen LogP contribution < -0.4 is 26.4 Å². The molecule has 0 aliphatic heterocycles. The Bertz CT molecular complexity index is 1730. The van der Waals surface area contributed by atoms with Gasteiger partial charge in [0.15, 0.2) is 0 Å². The summed E-state index contributed by atoms with van der Waals surface area (Å²) >= 11 is 0. The zero-order chi connectivity index (χ0) is 33.6. The average Bonchev–Trinajstić information content (AvgIpc) is 3.45. The van der Waals surface area contributed by atoms with Crippen molar-refractivity contribution in [2.24, 2.45) is 11.7 Å². The maximum Gasteiger partial charge on any atom is 0.324 e. The fourth-order valence-corrected chi connectivity index (χ4v) is 4.13. The molecule has 12 nitrogen and oxygen atoms in total. The maximum absolute atomic E-state index is 15.0. The van der Waals surface area contributed by atoms with E-state index < -0.39 is 29.8 Å². The molecule has 2 heterocycles. The van der Waals surface area contributed by atoms with Crippen molar-refractivity contribution in [3.63, 3.8) is 0 Å². The molecular weight excluding hydrogens is 593 g/mol. The van der Waals surface area contributed by atoms with Crippen molar-refractivity contribution in [3.8, 4) is 17.2 Å². The van der Waals surface area contributed by atoms with E-state index in [1.165, 1.54) is 37.5 Å². The number of nitrogens with two attached hydrogens (primary N) is 1. The number of amides is 3. The molecule has 5 N–H and O–H groups in total. The number of hydrogen-bond acceptors (Lipinski definition) is 8. The van der Waals surface area contributed by atoms with Crippen LogP contribution in [-0.4, -0.2) is 45.8 Å². The summed E-state index contributed by atoms with van der Waals surface area (Å²) in [4.78, 5) is 41.1. The summed E-state index contributed by atoms with van der Waals surface area (Å²) in [5.74, 6) is -0.903. The van der Waals surface area contributed by atoms with Crippen molar-refractivity contribution in [2.45, 2.75) is 52.7 Å². The predicted octanol–water partition coefficient (Wildman–Crippen LogP) is 5.53. The number of anilines is 2. The van der Waals surface area contributed by atoms with Crippen molar-refractivity contribution in [1.82, 2.24) is 20.1 Å². The van der Waals surface area contributed by atoms with Crippen LogP contribution in [-0.2, 0) is 21.6 Å². The van der Waals surface area contributed by atoms with Crippen LogP contribution in [0.4, 0.5) is 20.7 Å². The number of hydrogen-bond donors (Lipinski definition) is 4. The van der Waals surface area contributed by atoms with Crippen molar-refractivity contribution < 1.29 is 28.2 Å². The van der Waals surface area contributed by atoms with E-state index in [1.807, 2.05) is 34.6 Å². The van der Waals surface area contributed by atoms with Crippen molar-refractivity contribution >= 4 is 29.4 Å². The molecule has 0 unspecified atom stereocenters. The molecule has 0 radical (unpaired) electrons. The summed E-state index contributed by atoms with van der Waals surface area (Å²) < 4.78 is 27.7. The SMILES string of the molecule is CNC(=O)c1cc(Oc2ccc(NC(=O)Nc3cc(C(C)(C)C)nn3-c3cccc(COC(=O)[C@@H](N)C(C)C)c3)c(F)c2)ccn1. The number of carbonyl (C=O) groups is 3. The second-order valence-electron chi connectivity index (χ2n) is 11.9. The first-order valence-electron chi connectivity index (χ1n) is 14.6. The summed E-state index contributed by atoms with van der Waals surface area (Å²) in [6.45, 7) is 9.66. The van der Waals surface area contributed by atoms with Gasteiger partial charge in [-0.3, -0.25) is 19.9 Å². The molecule has 4 aromatic rings. The number of halogens is 1. The highest BCUT2D eigenvalue weighted by Gasteiger charge is 2.23. The molecule has 3 amide bonds. The Labute approximate surface area is 266 Å². The zero-order valence-electron chi connectivity index (χ0n) is 26.6. The van der Waals surface area contributed by atoms with Crippen LogP contribution >= 0.6 is 0 Å². The standard InChI is InChI=1S/C33H38FN7O5/c1-19(2)29(35)31(43)45-18-20-8-7-9-21(14-20)41-28(17-27(40-41)33(3,4)5)39-32(44)38-25-11-10-22(15-24(25)34)46-23-12-13-37-26(16-23)30(42)36-6/h7-17,19,29H,18,35H2,1-6H3,(H,36,42)(H2,38,39,44)/t29-/m0/s1. The fraction of sp³-hybridized carbons (Fsp3) is 0.303. The molecule has 1 atom stereocenters. The first kappa shape index (κ1) is 33.6. The van der Waals surface area contributed by atoms with Crippen molar-refractivity contribution in [3.05, 3.63) is 89.6 Å². The number of benzene rings is 2. The van der Waals surface area contributed by atoms with Gasteiger partial charge >= 0.3 is 12.0 Å². The minimum atomic E-state index is -0.739. The number of ether oxygens (including phenoxy) is 2. The van der Waals surface area contributed by atoms with Crippen LogP contribution in [0.2, 0.25) is 0 Å². The quantitative estimate of drug-likeness (QED) is 0.166. The molecule has 0 aliphatic carbocycles. The van der Waals surface area contributed by atoms with E-state index in [2.05, 4.69) is 20.9 Å². The lowest BCUT2D eigenvalue weighted by molar-refractivity contribution is -0.147. The van der Waals surface area contributed by atoms with Gasteiger partial charge in [0.05, 0.1) is 17.1 Å². The van der Waals surface area contributed by atoms with Crippen LogP contribution in [0.15, 0.2) is 66.9 Å². The normalized spacial score (nSPS) is 11.9. The highest BCUT2D eigenvalue weighted by Crippen LogP contribution is 2.28. The zero-order valence-corrected chi connectivity index (χ0v) is 26.6. The largest absolute Gasteiger partial charge is 0.460 e. The first-order valence-corrected chi connectivity index (χ1v) is 14.6. The third-order valence-electron chi connectivity index (χ3n) is 6.86. The van der Waals surface area contributed by atoms with Crippen molar-refractivity contribution in [2.75, 3.05) is 17.7 Å². The highest BCUT2D eigenvalue weighted by molar-refractivity contribution is 5.99. The number of aromatic nitrogens is 3. The highest BCUT2D eigenvalue weighted by atomic mass is 19.1. The third-order valence-corrected chi connectivity index (χ3v) is 6.86. The van der Waals surface area contributed by atoms with Crippen LogP contribution in [0.3, 0.4) is 0 Å². The molecule has 0 fully saturated rings. The van der Waals surface area contributed by atoms with E-state index in [0.29, 0.717) is 22.8 Å². The van der Waals surface area contributed by atoms with Gasteiger partial charge in [0.2, 0.25) is 0 Å². The van der Waals surface area contributed by atoms with Gasteiger partial charge in [-0.15, -0.1) is 0 Å². The Hall–Kier alpha value is -5.30. The average molecular weight is 632 g/mol. The Morgan fingerprint density at radius 2 is 1.74 bits per heavy atom. The summed E-state index contributed by atoms with van der Waals surface area (Å²) in [5, 5.41) is 12.5. The van der Waals surface area contributed by atoms with E-state index in [-0.39, 0.29) is 40.8 Å². The lowest BCUT2D eigenvalue weighted by Gasteiger charge is -2.15. The number of nitrogens with zero attached hydrogens (tertiary/aromatic N) is 3. The van der Waals surface area contributed by atoms with Gasteiger partial charge in [-0.25, -0.2) is 13.9 Å². The topological polar surface area (TPSA) is 162 Å². The Kier molecular flexibility index (Phi) is 10.4. The number of esters is 1. The second-order valence-corrected chi connectivity index (χ2v) is 11.9. The lowest BCUT2D eigenvalue weighted by Crippen LogP contribution is -2.36. The summed E-state index contributed by atoms with van der Waals surface area (Å²) in [5.41, 5.74) is 7.61. The first-order chi connectivity index (χ1) is 21.7. The molecule has 0 bridgehead atoms. The van der Waals surface area contributed by atoms with Gasteiger partial charge in [0.25, 0.3) is 5.91 Å². The monoisotopic (exact) mass is 631 g/mol. The molecule has 242 valence electrons. The van der Waals surface area contributed by atoms with Crippen LogP contribution in [0.1, 0.15) is 56.4 Å². The van der Waals surface area contributed by atoms with Crippen molar-refractivity contribution in [1.29, 1.82) is 0 Å². The number of urea groups is 1. The van der Waals surface area contributed by atoms with E-state index >= 15 is 4.39 Å². The number of nitrogens with one attached hydrogen (secondary N) is 3. The second kappa shape index (κ2) is 14.2. The fourth-order valence-electron chi connectivity index (χ4n) is 4.13. The number of carbonyl (C=O) groups excluding carboxylic acids is 3. The van der Waals surface area contributed by atoms with Gasteiger partial charge in [-0.05, 0) is 41.8 Å². The third kappa shape index (κ3) is 8.45. The molecule has 46 heavy (non-hydrogen) atoms. The number of pyridine rings is 1. The van der Waals surface area contributed by atoms with Gasteiger partial charge in [-0.2, -0.15) is 5.10 Å². The molecule has 0 aliphatic rings. The van der Waals surface area contributed by atoms with Gasteiger partial charge in [-0.1, -0.05) is 46.8 Å². The van der Waals surface area contributed by atoms with Crippen LogP contribution in [0.5, 0.6) is 11.5 Å². The minimum absolute atomic E-state index is 0.0130. The van der Waals surface area contributed by atoms with Gasteiger partial charge in [0, 0.05) is 36.9 Å². The lowest BCUT2D eigenvalue weighted by atomic mass is 9.92. The molecule has 4 rings (SSSR count). The molecule has 2 aromatic heterocycles. The Balaban J connectivity index is 1.50. The molecule has 2 aromatic carbocycles. The minimum Gasteiger partial charge on any atom is -0.460 e. The smallest absolute Gasteiger partial charge is 0.324 e. The van der Waals surface area contributed by atoms with Crippen LogP contribution in [0.25, 0.3) is 5.69 Å². The van der Waals surface area contributed by atoms with E-state index in [9.17, 15) is 14.4 Å². The van der Waals surface area contributed by atoms with Crippen LogP contribution in [0, 0.1) is 11.7 Å². The summed E-state index contributed by atoms with van der Waals surface area (Å²) in [6, 6.07) is 14.4.